The molecule has 22 heavy (non-hydrogen) atoms. The predicted molar refractivity (Wildman–Crippen MR) is 84.5 cm³/mol. The van der Waals surface area contributed by atoms with Crippen LogP contribution in [-0.4, -0.2) is 73.0 Å². The van der Waals surface area contributed by atoms with Gasteiger partial charge in [-0.15, -0.1) is 0 Å². The first-order valence-corrected chi connectivity index (χ1v) is 7.55. The maximum atomic E-state index is 12.7. The van der Waals surface area contributed by atoms with Gasteiger partial charge in [-0.05, 0) is 20.9 Å². The summed E-state index contributed by atoms with van der Waals surface area (Å²) in [5.74, 6) is -0.450. The van der Waals surface area contributed by atoms with Gasteiger partial charge in [0.25, 0.3) is 0 Å². The third-order valence-corrected chi connectivity index (χ3v) is 4.61. The van der Waals surface area contributed by atoms with Gasteiger partial charge in [-0.3, -0.25) is 9.69 Å². The molecule has 0 aliphatic carbocycles. The summed E-state index contributed by atoms with van der Waals surface area (Å²) in [5.41, 5.74) is 2.50. The van der Waals surface area contributed by atoms with Gasteiger partial charge in [-0.25, -0.2) is 4.79 Å². The highest BCUT2D eigenvalue weighted by molar-refractivity contribution is 6.09. The topological polar surface area (TPSA) is 54.8 Å². The highest BCUT2D eigenvalue weighted by atomic mass is 16.5. The molecule has 6 heteroatoms. The fourth-order valence-corrected chi connectivity index (χ4v) is 2.93. The maximum Gasteiger partial charge on any atom is 0.340 e. The van der Waals surface area contributed by atoms with E-state index in [-0.39, 0.29) is 5.78 Å². The standard InChI is InChI=1S/C16H25N3O3/c1-11-14(15(16(21)22-5)12(2)18(11)4)13(20)10-19-8-6-17(3)7-9-19/h6-10H2,1-5H3. The molecular weight excluding hydrogens is 282 g/mol. The summed E-state index contributed by atoms with van der Waals surface area (Å²) < 4.78 is 6.73. The van der Waals surface area contributed by atoms with Gasteiger partial charge < -0.3 is 14.2 Å². The summed E-state index contributed by atoms with van der Waals surface area (Å²) in [5, 5.41) is 0. The number of Topliss-reactive ketones (excluding diaryl/α,β-unsaturated/α-hetero) is 1. The van der Waals surface area contributed by atoms with Crippen molar-refractivity contribution in [3.63, 3.8) is 0 Å². The molecule has 1 aliphatic rings. The molecule has 0 radical (unpaired) electrons. The largest absolute Gasteiger partial charge is 0.465 e. The van der Waals surface area contributed by atoms with E-state index in [0.717, 1.165) is 37.6 Å². The van der Waals surface area contributed by atoms with Crippen LogP contribution in [-0.2, 0) is 11.8 Å². The minimum atomic E-state index is -0.442. The molecule has 0 N–H and O–H groups in total. The zero-order valence-electron chi connectivity index (χ0n) is 14.1. The Hall–Kier alpha value is -1.66. The maximum absolute atomic E-state index is 12.7. The van der Waals surface area contributed by atoms with Crippen molar-refractivity contribution in [1.82, 2.24) is 14.4 Å². The lowest BCUT2D eigenvalue weighted by molar-refractivity contribution is 0.0595. The van der Waals surface area contributed by atoms with Crippen molar-refractivity contribution in [2.24, 2.45) is 7.05 Å². The molecule has 0 atom stereocenters. The lowest BCUT2D eigenvalue weighted by Gasteiger charge is -2.31. The van der Waals surface area contributed by atoms with Crippen LogP contribution in [0.5, 0.6) is 0 Å². The van der Waals surface area contributed by atoms with Crippen molar-refractivity contribution < 1.29 is 14.3 Å². The number of hydrogen-bond acceptors (Lipinski definition) is 5. The van der Waals surface area contributed by atoms with Crippen LogP contribution >= 0.6 is 0 Å². The number of esters is 1. The Balaban J connectivity index is 2.25. The third-order valence-electron chi connectivity index (χ3n) is 4.61. The Kier molecular flexibility index (Phi) is 5.03. The fourth-order valence-electron chi connectivity index (χ4n) is 2.93. The van der Waals surface area contributed by atoms with E-state index in [4.69, 9.17) is 4.74 Å². The molecule has 0 saturated carbocycles. The number of carbonyl (C=O) groups is 2. The van der Waals surface area contributed by atoms with Crippen molar-refractivity contribution in [3.05, 3.63) is 22.5 Å². The molecule has 0 spiro atoms. The second kappa shape index (κ2) is 6.62. The van der Waals surface area contributed by atoms with Gasteiger partial charge in [-0.1, -0.05) is 0 Å². The normalized spacial score (nSPS) is 16.8. The van der Waals surface area contributed by atoms with Crippen molar-refractivity contribution in [2.45, 2.75) is 13.8 Å². The number of aromatic nitrogens is 1. The number of likely N-dealkylation sites (N-methyl/N-ethyl adjacent to an activating group) is 1. The number of rotatable bonds is 4. The number of hydrogen-bond donors (Lipinski definition) is 0. The number of ether oxygens (including phenoxy) is 1. The van der Waals surface area contributed by atoms with Crippen LogP contribution in [0.2, 0.25) is 0 Å². The van der Waals surface area contributed by atoms with E-state index in [2.05, 4.69) is 16.8 Å². The molecule has 1 saturated heterocycles. The number of piperazine rings is 1. The monoisotopic (exact) mass is 307 g/mol. The van der Waals surface area contributed by atoms with E-state index >= 15 is 0 Å². The average molecular weight is 307 g/mol. The van der Waals surface area contributed by atoms with E-state index in [9.17, 15) is 9.59 Å². The summed E-state index contributed by atoms with van der Waals surface area (Å²) in [6.07, 6.45) is 0. The Morgan fingerprint density at radius 1 is 1.00 bits per heavy atom. The van der Waals surface area contributed by atoms with Crippen LogP contribution in [0.25, 0.3) is 0 Å². The smallest absolute Gasteiger partial charge is 0.340 e. The van der Waals surface area contributed by atoms with E-state index in [1.165, 1.54) is 7.11 Å². The first-order chi connectivity index (χ1) is 10.4. The second-order valence-electron chi connectivity index (χ2n) is 5.97. The third kappa shape index (κ3) is 3.08. The van der Waals surface area contributed by atoms with E-state index in [1.54, 1.807) is 0 Å². The fraction of sp³-hybridized carbons (Fsp3) is 0.625. The van der Waals surface area contributed by atoms with Crippen LogP contribution in [0.3, 0.4) is 0 Å². The molecule has 0 amide bonds. The summed E-state index contributed by atoms with van der Waals surface area (Å²) in [6, 6.07) is 0. The van der Waals surface area contributed by atoms with Crippen LogP contribution in [0.1, 0.15) is 32.1 Å². The minimum absolute atomic E-state index is 0.00819. The highest BCUT2D eigenvalue weighted by Gasteiger charge is 2.28. The predicted octanol–water partition coefficient (Wildman–Crippen LogP) is 0.859. The summed E-state index contributed by atoms with van der Waals surface area (Å²) in [7, 11) is 5.29. The van der Waals surface area contributed by atoms with Crippen LogP contribution in [0.15, 0.2) is 0 Å². The lowest BCUT2D eigenvalue weighted by Crippen LogP contribution is -2.46. The molecule has 1 aromatic heterocycles. The van der Waals surface area contributed by atoms with Gasteiger partial charge in [0.15, 0.2) is 5.78 Å². The van der Waals surface area contributed by atoms with Gasteiger partial charge in [0.05, 0.1) is 24.8 Å². The Labute approximate surface area is 131 Å². The SMILES string of the molecule is COC(=O)c1c(C(=O)CN2CCN(C)CC2)c(C)n(C)c1C. The quantitative estimate of drug-likeness (QED) is 0.610. The first kappa shape index (κ1) is 16.7. The molecule has 0 aromatic carbocycles. The van der Waals surface area contributed by atoms with Crippen molar-refractivity contribution in [3.8, 4) is 0 Å². The van der Waals surface area contributed by atoms with Gasteiger partial charge in [0, 0.05) is 44.6 Å². The van der Waals surface area contributed by atoms with E-state index in [1.807, 2.05) is 25.5 Å². The zero-order chi connectivity index (χ0) is 16.4. The minimum Gasteiger partial charge on any atom is -0.465 e. The Bertz CT molecular complexity index is 584. The highest BCUT2D eigenvalue weighted by Crippen LogP contribution is 2.23. The number of nitrogens with zero attached hydrogens (tertiary/aromatic N) is 3. The van der Waals surface area contributed by atoms with Crippen molar-refractivity contribution in [2.75, 3.05) is 46.9 Å². The molecule has 6 nitrogen and oxygen atoms in total. The lowest BCUT2D eigenvalue weighted by atomic mass is 10.0. The number of ketones is 1. The Morgan fingerprint density at radius 3 is 2.09 bits per heavy atom. The van der Waals surface area contributed by atoms with Crippen LogP contribution in [0, 0.1) is 13.8 Å². The molecule has 0 bridgehead atoms. The molecule has 2 heterocycles. The van der Waals surface area contributed by atoms with Crippen LogP contribution in [0.4, 0.5) is 0 Å². The number of methoxy groups -OCH3 is 1. The summed E-state index contributed by atoms with van der Waals surface area (Å²) in [6.45, 7) is 7.74. The van der Waals surface area contributed by atoms with Crippen LogP contribution < -0.4 is 0 Å². The summed E-state index contributed by atoms with van der Waals surface area (Å²) >= 11 is 0. The molecule has 2 rings (SSSR count). The molecule has 1 aliphatic heterocycles. The van der Waals surface area contributed by atoms with Crippen molar-refractivity contribution in [1.29, 1.82) is 0 Å². The average Bonchev–Trinajstić information content (AvgIpc) is 2.73. The van der Waals surface area contributed by atoms with Gasteiger partial charge in [0.2, 0.25) is 0 Å². The zero-order valence-corrected chi connectivity index (χ0v) is 14.1. The van der Waals surface area contributed by atoms with E-state index < -0.39 is 5.97 Å². The van der Waals surface area contributed by atoms with Gasteiger partial charge >= 0.3 is 5.97 Å². The molecule has 1 fully saturated rings. The first-order valence-electron chi connectivity index (χ1n) is 7.55. The molecule has 122 valence electrons. The molecular formula is C16H25N3O3. The summed E-state index contributed by atoms with van der Waals surface area (Å²) in [4.78, 5) is 29.2. The number of carbonyl (C=O) groups excluding carboxylic acids is 2. The van der Waals surface area contributed by atoms with Crippen molar-refractivity contribution >= 4 is 11.8 Å². The van der Waals surface area contributed by atoms with Gasteiger partial charge in [0.1, 0.15) is 0 Å². The van der Waals surface area contributed by atoms with E-state index in [0.29, 0.717) is 17.7 Å². The molecule has 1 aromatic rings. The van der Waals surface area contributed by atoms with Gasteiger partial charge in [-0.2, -0.15) is 0 Å². The second-order valence-corrected chi connectivity index (χ2v) is 5.97. The Morgan fingerprint density at radius 2 is 1.55 bits per heavy atom. The molecule has 0 unspecified atom stereocenters.